The van der Waals surface area contributed by atoms with E-state index >= 15 is 0 Å². The summed E-state index contributed by atoms with van der Waals surface area (Å²) in [4.78, 5) is 6.29. The Kier molecular flexibility index (Phi) is 3.82. The average Bonchev–Trinajstić information content (AvgIpc) is 2.66. The molecule has 2 bridgehead atoms. The second kappa shape index (κ2) is 5.48. The van der Waals surface area contributed by atoms with Gasteiger partial charge in [0.15, 0.2) is 0 Å². The van der Waals surface area contributed by atoms with Crippen LogP contribution in [0.15, 0.2) is 18.3 Å². The van der Waals surface area contributed by atoms with Gasteiger partial charge in [0.05, 0.1) is 5.56 Å². The molecule has 2 unspecified atom stereocenters. The highest BCUT2D eigenvalue weighted by Gasteiger charge is 2.39. The number of hydrogen-bond donors (Lipinski definition) is 1. The molecule has 1 aromatic heterocycles. The Labute approximate surface area is 122 Å². The van der Waals surface area contributed by atoms with Gasteiger partial charge in [0, 0.05) is 24.8 Å². The van der Waals surface area contributed by atoms with Crippen molar-refractivity contribution < 1.29 is 13.2 Å². The van der Waals surface area contributed by atoms with Crippen LogP contribution in [0.2, 0.25) is 0 Å². The van der Waals surface area contributed by atoms with Crippen LogP contribution in [0, 0.1) is 5.92 Å². The Morgan fingerprint density at radius 2 is 1.95 bits per heavy atom. The number of piperidine rings is 1. The van der Waals surface area contributed by atoms with Crippen molar-refractivity contribution >= 4 is 5.82 Å². The van der Waals surface area contributed by atoms with Gasteiger partial charge in [-0.1, -0.05) is 0 Å². The summed E-state index contributed by atoms with van der Waals surface area (Å²) in [5.41, 5.74) is -0.680. The lowest BCUT2D eigenvalue weighted by Gasteiger charge is -2.36. The summed E-state index contributed by atoms with van der Waals surface area (Å²) in [6.07, 6.45) is 1.60. The third-order valence-electron chi connectivity index (χ3n) is 4.87. The molecule has 3 rings (SSSR count). The molecule has 21 heavy (non-hydrogen) atoms. The number of nitrogens with zero attached hydrogens (tertiary/aromatic N) is 2. The van der Waals surface area contributed by atoms with Crippen molar-refractivity contribution in [2.45, 2.75) is 43.9 Å². The molecule has 0 aromatic carbocycles. The van der Waals surface area contributed by atoms with E-state index in [0.717, 1.165) is 18.9 Å². The third kappa shape index (κ3) is 3.00. The van der Waals surface area contributed by atoms with E-state index in [1.54, 1.807) is 0 Å². The number of fused-ring (bicyclic) bond motifs is 2. The molecule has 6 heteroatoms. The maximum absolute atomic E-state index is 12.9. The molecule has 2 fully saturated rings. The first kappa shape index (κ1) is 14.6. The van der Waals surface area contributed by atoms with Crippen LogP contribution in [-0.2, 0) is 6.18 Å². The average molecular weight is 299 g/mol. The molecule has 116 valence electrons. The number of rotatable bonds is 3. The predicted molar refractivity (Wildman–Crippen MR) is 75.0 cm³/mol. The molecule has 2 aliphatic rings. The van der Waals surface area contributed by atoms with Gasteiger partial charge in [-0.25, -0.2) is 4.98 Å². The van der Waals surface area contributed by atoms with Gasteiger partial charge in [-0.15, -0.1) is 0 Å². The maximum Gasteiger partial charge on any atom is 0.419 e. The minimum atomic E-state index is -4.36. The van der Waals surface area contributed by atoms with Crippen molar-refractivity contribution in [3.8, 4) is 0 Å². The van der Waals surface area contributed by atoms with Crippen LogP contribution < -0.4 is 5.32 Å². The first-order valence-electron chi connectivity index (χ1n) is 7.43. The first-order valence-corrected chi connectivity index (χ1v) is 7.43. The molecule has 1 aromatic rings. The van der Waals surface area contributed by atoms with Crippen LogP contribution in [0.1, 0.15) is 31.2 Å². The number of pyridine rings is 1. The maximum atomic E-state index is 12.9. The van der Waals surface area contributed by atoms with E-state index < -0.39 is 11.7 Å². The van der Waals surface area contributed by atoms with Crippen LogP contribution in [0.5, 0.6) is 0 Å². The van der Waals surface area contributed by atoms with E-state index in [-0.39, 0.29) is 5.82 Å². The number of alkyl halides is 3. The SMILES string of the molecule is CN1C2CCC1CC(CNc1ncccc1C(F)(F)F)C2. The standard InChI is InChI=1S/C15H20F3N3/c1-21-11-4-5-12(21)8-10(7-11)9-20-14-13(15(16,17)18)3-2-6-19-14/h2-3,6,10-12H,4-5,7-9H2,1H3,(H,19,20). The molecule has 2 saturated heterocycles. The number of hydrogen-bond acceptors (Lipinski definition) is 3. The molecule has 0 aliphatic carbocycles. The summed E-state index contributed by atoms with van der Waals surface area (Å²) in [7, 11) is 2.16. The second-order valence-corrected chi connectivity index (χ2v) is 6.17. The highest BCUT2D eigenvalue weighted by atomic mass is 19.4. The summed E-state index contributed by atoms with van der Waals surface area (Å²) in [5, 5.41) is 2.92. The number of nitrogens with one attached hydrogen (secondary N) is 1. The third-order valence-corrected chi connectivity index (χ3v) is 4.87. The molecule has 3 heterocycles. The molecular weight excluding hydrogens is 279 g/mol. The first-order chi connectivity index (χ1) is 9.95. The molecule has 3 nitrogen and oxygen atoms in total. The van der Waals surface area contributed by atoms with Gasteiger partial charge in [-0.05, 0) is 50.8 Å². The second-order valence-electron chi connectivity index (χ2n) is 6.17. The smallest absolute Gasteiger partial charge is 0.369 e. The molecular formula is C15H20F3N3. The van der Waals surface area contributed by atoms with Crippen molar-refractivity contribution in [2.75, 3.05) is 18.9 Å². The van der Waals surface area contributed by atoms with Crippen molar-refractivity contribution in [1.82, 2.24) is 9.88 Å². The van der Waals surface area contributed by atoms with E-state index in [9.17, 15) is 13.2 Å². The van der Waals surface area contributed by atoms with Gasteiger partial charge in [0.1, 0.15) is 5.82 Å². The Balaban J connectivity index is 1.64. The number of aromatic nitrogens is 1. The fourth-order valence-electron chi connectivity index (χ4n) is 3.71. The zero-order valence-electron chi connectivity index (χ0n) is 12.0. The van der Waals surface area contributed by atoms with Crippen LogP contribution >= 0.6 is 0 Å². The Morgan fingerprint density at radius 1 is 1.29 bits per heavy atom. The molecule has 0 radical (unpaired) electrons. The van der Waals surface area contributed by atoms with Crippen molar-refractivity contribution in [3.05, 3.63) is 23.9 Å². The Bertz CT molecular complexity index is 489. The zero-order chi connectivity index (χ0) is 15.0. The normalized spacial score (nSPS) is 29.6. The molecule has 0 amide bonds. The lowest BCUT2D eigenvalue weighted by Crippen LogP contribution is -2.41. The molecule has 0 spiro atoms. The van der Waals surface area contributed by atoms with Gasteiger partial charge in [0.2, 0.25) is 0 Å². The zero-order valence-corrected chi connectivity index (χ0v) is 12.0. The summed E-state index contributed by atoms with van der Waals surface area (Å²) in [6, 6.07) is 3.60. The Morgan fingerprint density at radius 3 is 2.57 bits per heavy atom. The fourth-order valence-corrected chi connectivity index (χ4v) is 3.71. The minimum Gasteiger partial charge on any atom is -0.369 e. The summed E-state index contributed by atoms with van der Waals surface area (Å²) < 4.78 is 38.7. The minimum absolute atomic E-state index is 0.0451. The van der Waals surface area contributed by atoms with Gasteiger partial charge >= 0.3 is 6.18 Å². The van der Waals surface area contributed by atoms with Crippen LogP contribution in [0.4, 0.5) is 19.0 Å². The van der Waals surface area contributed by atoms with Gasteiger partial charge in [0.25, 0.3) is 0 Å². The van der Waals surface area contributed by atoms with Crippen LogP contribution in [-0.4, -0.2) is 35.6 Å². The molecule has 2 atom stereocenters. The van der Waals surface area contributed by atoms with Crippen LogP contribution in [0.3, 0.4) is 0 Å². The van der Waals surface area contributed by atoms with Crippen molar-refractivity contribution in [2.24, 2.45) is 5.92 Å². The number of halogens is 3. The highest BCUT2D eigenvalue weighted by molar-refractivity contribution is 5.45. The van der Waals surface area contributed by atoms with E-state index in [0.29, 0.717) is 24.5 Å². The summed E-state index contributed by atoms with van der Waals surface area (Å²) in [5.74, 6) is 0.387. The van der Waals surface area contributed by atoms with Crippen molar-refractivity contribution in [1.29, 1.82) is 0 Å². The van der Waals surface area contributed by atoms with E-state index in [2.05, 4.69) is 22.2 Å². The number of anilines is 1. The molecule has 2 aliphatic heterocycles. The highest BCUT2D eigenvalue weighted by Crippen LogP contribution is 2.38. The Hall–Kier alpha value is -1.30. The van der Waals surface area contributed by atoms with Gasteiger partial charge < -0.3 is 10.2 Å². The molecule has 0 saturated carbocycles. The molecule has 1 N–H and O–H groups in total. The lowest BCUT2D eigenvalue weighted by molar-refractivity contribution is -0.137. The lowest BCUT2D eigenvalue weighted by atomic mass is 9.91. The topological polar surface area (TPSA) is 28.2 Å². The van der Waals surface area contributed by atoms with E-state index in [1.807, 2.05) is 0 Å². The predicted octanol–water partition coefficient (Wildman–Crippen LogP) is 3.39. The van der Waals surface area contributed by atoms with Gasteiger partial charge in [-0.2, -0.15) is 13.2 Å². The largest absolute Gasteiger partial charge is 0.419 e. The summed E-state index contributed by atoms with van der Waals surface area (Å²) >= 11 is 0. The van der Waals surface area contributed by atoms with Crippen molar-refractivity contribution in [3.63, 3.8) is 0 Å². The van der Waals surface area contributed by atoms with E-state index in [4.69, 9.17) is 0 Å². The monoisotopic (exact) mass is 299 g/mol. The fraction of sp³-hybridized carbons (Fsp3) is 0.667. The van der Waals surface area contributed by atoms with E-state index in [1.165, 1.54) is 25.1 Å². The quantitative estimate of drug-likeness (QED) is 0.927. The summed E-state index contributed by atoms with van der Waals surface area (Å²) in [6.45, 7) is 0.570. The van der Waals surface area contributed by atoms with Crippen LogP contribution in [0.25, 0.3) is 0 Å². The van der Waals surface area contributed by atoms with Gasteiger partial charge in [-0.3, -0.25) is 0 Å².